The number of nitrogens with one attached hydrogen (secondary N) is 1. The molecule has 0 saturated heterocycles. The van der Waals surface area contributed by atoms with E-state index in [0.29, 0.717) is 18.9 Å². The van der Waals surface area contributed by atoms with E-state index in [4.69, 9.17) is 0 Å². The van der Waals surface area contributed by atoms with Gasteiger partial charge in [0, 0.05) is 13.1 Å². The molecule has 6 nitrogen and oxygen atoms in total. The minimum atomic E-state index is -4.69. The summed E-state index contributed by atoms with van der Waals surface area (Å²) in [5, 5.41) is 2.90. The van der Waals surface area contributed by atoms with Gasteiger partial charge in [0.1, 0.15) is 5.84 Å². The van der Waals surface area contributed by atoms with Crippen molar-refractivity contribution in [1.29, 1.82) is 0 Å². The van der Waals surface area contributed by atoms with Crippen LogP contribution < -0.4 is 5.32 Å². The van der Waals surface area contributed by atoms with Crippen LogP contribution in [0.1, 0.15) is 45.1 Å². The fourth-order valence-corrected chi connectivity index (χ4v) is 2.52. The Morgan fingerprint density at radius 1 is 1.11 bits per heavy atom. The van der Waals surface area contributed by atoms with Crippen molar-refractivity contribution in [3.63, 3.8) is 0 Å². The van der Waals surface area contributed by atoms with Crippen LogP contribution in [0.5, 0.6) is 0 Å². The predicted octanol–water partition coefficient (Wildman–Crippen LogP) is 4.46. The fourth-order valence-electron chi connectivity index (χ4n) is 2.52. The first-order chi connectivity index (χ1) is 12.7. The molecule has 0 amide bonds. The highest BCUT2D eigenvalue weighted by atomic mass is 19.4. The van der Waals surface area contributed by atoms with Crippen molar-refractivity contribution < 1.29 is 13.2 Å². The van der Waals surface area contributed by atoms with Crippen molar-refractivity contribution >= 4 is 17.7 Å². The number of aliphatic imine (C=N–C) groups is 1. The Morgan fingerprint density at radius 3 is 2.30 bits per heavy atom. The van der Waals surface area contributed by atoms with Crippen molar-refractivity contribution in [2.45, 2.75) is 39.9 Å². The Bertz CT molecular complexity index is 772. The molecule has 2 aromatic rings. The molecule has 1 N–H and O–H groups in total. The van der Waals surface area contributed by atoms with Crippen LogP contribution in [0.4, 0.5) is 25.1 Å². The molecule has 9 heteroatoms. The average Bonchev–Trinajstić information content (AvgIpc) is 2.62. The number of alkyl halides is 3. The summed E-state index contributed by atoms with van der Waals surface area (Å²) in [6.45, 7) is 8.76. The molecule has 0 radical (unpaired) electrons. The van der Waals surface area contributed by atoms with Gasteiger partial charge in [0.05, 0.1) is 6.04 Å². The standard InChI is InChI=1S/C18H23F3N6/c1-5-27(6-2)13(4)23-17-25-15(18(19,20)21)24-16(26-17)22-12(3)14-10-8-7-9-11-14/h7-12H,5-6H2,1-4H3,(H,22,24,25,26). The van der Waals surface area contributed by atoms with Crippen LogP contribution in [0.3, 0.4) is 0 Å². The van der Waals surface area contributed by atoms with E-state index in [1.807, 2.05) is 56.0 Å². The third kappa shape index (κ3) is 5.63. The molecule has 1 unspecified atom stereocenters. The van der Waals surface area contributed by atoms with Crippen LogP contribution in [0.2, 0.25) is 0 Å². The zero-order chi connectivity index (χ0) is 20.0. The van der Waals surface area contributed by atoms with Crippen LogP contribution in [0.15, 0.2) is 35.3 Å². The molecule has 0 aliphatic rings. The molecule has 1 aromatic heterocycles. The number of benzene rings is 1. The predicted molar refractivity (Wildman–Crippen MR) is 99.0 cm³/mol. The monoisotopic (exact) mass is 380 g/mol. The molecule has 0 aliphatic heterocycles. The van der Waals surface area contributed by atoms with Gasteiger partial charge in [-0.15, -0.1) is 0 Å². The SMILES string of the molecule is CCN(CC)C(C)=Nc1nc(NC(C)c2ccccc2)nc(C(F)(F)F)n1. The molecule has 0 aliphatic carbocycles. The zero-order valence-corrected chi connectivity index (χ0v) is 15.7. The summed E-state index contributed by atoms with van der Waals surface area (Å²) in [5.74, 6) is -1.17. The first kappa shape index (κ1) is 20.6. The summed E-state index contributed by atoms with van der Waals surface area (Å²) < 4.78 is 39.6. The molecule has 1 aromatic carbocycles. The van der Waals surface area contributed by atoms with Gasteiger partial charge >= 0.3 is 6.18 Å². The molecule has 0 saturated carbocycles. The van der Waals surface area contributed by atoms with Crippen molar-refractivity contribution in [1.82, 2.24) is 19.9 Å². The molecule has 27 heavy (non-hydrogen) atoms. The number of anilines is 1. The van der Waals surface area contributed by atoms with E-state index < -0.39 is 12.0 Å². The lowest BCUT2D eigenvalue weighted by atomic mass is 10.1. The molecular formula is C18H23F3N6. The lowest BCUT2D eigenvalue weighted by Gasteiger charge is -2.20. The summed E-state index contributed by atoms with van der Waals surface area (Å²) in [7, 11) is 0. The molecule has 0 spiro atoms. The second-order valence-electron chi connectivity index (χ2n) is 5.89. The molecule has 2 rings (SSSR count). The first-order valence-corrected chi connectivity index (χ1v) is 8.69. The summed E-state index contributed by atoms with van der Waals surface area (Å²) in [4.78, 5) is 17.1. The van der Waals surface area contributed by atoms with Gasteiger partial charge < -0.3 is 10.2 Å². The van der Waals surface area contributed by atoms with E-state index in [1.165, 1.54) is 0 Å². The summed E-state index contributed by atoms with van der Waals surface area (Å²) in [6.07, 6.45) is -4.69. The van der Waals surface area contributed by atoms with E-state index in [1.54, 1.807) is 6.92 Å². The molecule has 0 bridgehead atoms. The number of rotatable bonds is 6. The van der Waals surface area contributed by atoms with Gasteiger partial charge in [-0.05, 0) is 33.3 Å². The highest BCUT2D eigenvalue weighted by Crippen LogP contribution is 2.28. The van der Waals surface area contributed by atoms with Gasteiger partial charge in [-0.25, -0.2) is 0 Å². The number of nitrogens with zero attached hydrogens (tertiary/aromatic N) is 5. The Hall–Kier alpha value is -2.71. The van der Waals surface area contributed by atoms with E-state index in [9.17, 15) is 13.2 Å². The number of amidine groups is 1. The van der Waals surface area contributed by atoms with Crippen molar-refractivity contribution in [2.75, 3.05) is 18.4 Å². The highest BCUT2D eigenvalue weighted by molar-refractivity contribution is 5.81. The molecule has 1 atom stereocenters. The Kier molecular flexibility index (Phi) is 6.70. The largest absolute Gasteiger partial charge is 0.451 e. The van der Waals surface area contributed by atoms with E-state index in [0.717, 1.165) is 5.56 Å². The molecular weight excluding hydrogens is 357 g/mol. The van der Waals surface area contributed by atoms with Gasteiger partial charge in [0.25, 0.3) is 5.95 Å². The smallest absolute Gasteiger partial charge is 0.361 e. The second kappa shape index (κ2) is 8.79. The molecule has 146 valence electrons. The van der Waals surface area contributed by atoms with E-state index in [-0.39, 0.29) is 17.9 Å². The summed E-state index contributed by atoms with van der Waals surface area (Å²) in [5.41, 5.74) is 0.899. The average molecular weight is 380 g/mol. The maximum Gasteiger partial charge on any atom is 0.451 e. The summed E-state index contributed by atoms with van der Waals surface area (Å²) in [6, 6.07) is 9.02. The van der Waals surface area contributed by atoms with Gasteiger partial charge in [0.2, 0.25) is 11.8 Å². The summed E-state index contributed by atoms with van der Waals surface area (Å²) >= 11 is 0. The lowest BCUT2D eigenvalue weighted by molar-refractivity contribution is -0.144. The van der Waals surface area contributed by atoms with Crippen LogP contribution in [-0.2, 0) is 6.18 Å². The fraction of sp³-hybridized carbons (Fsp3) is 0.444. The Balaban J connectivity index is 2.38. The number of halogens is 3. The Labute approximate surface area is 156 Å². The second-order valence-corrected chi connectivity index (χ2v) is 5.89. The molecule has 1 heterocycles. The lowest BCUT2D eigenvalue weighted by Crippen LogP contribution is -2.28. The third-order valence-electron chi connectivity index (χ3n) is 4.01. The Morgan fingerprint density at radius 2 is 1.74 bits per heavy atom. The van der Waals surface area contributed by atoms with Crippen molar-refractivity contribution in [3.05, 3.63) is 41.7 Å². The normalized spacial score (nSPS) is 13.4. The van der Waals surface area contributed by atoms with Gasteiger partial charge in [-0.3, -0.25) is 0 Å². The highest BCUT2D eigenvalue weighted by Gasteiger charge is 2.36. The van der Waals surface area contributed by atoms with Crippen LogP contribution in [-0.4, -0.2) is 38.8 Å². The van der Waals surface area contributed by atoms with E-state index >= 15 is 0 Å². The van der Waals surface area contributed by atoms with Crippen molar-refractivity contribution in [2.24, 2.45) is 4.99 Å². The number of hydrogen-bond acceptors (Lipinski definition) is 5. The van der Waals surface area contributed by atoms with Crippen molar-refractivity contribution in [3.8, 4) is 0 Å². The third-order valence-corrected chi connectivity index (χ3v) is 4.01. The topological polar surface area (TPSA) is 66.3 Å². The van der Waals surface area contributed by atoms with Crippen LogP contribution in [0, 0.1) is 0 Å². The quantitative estimate of drug-likeness (QED) is 0.592. The minimum absolute atomic E-state index is 0.167. The van der Waals surface area contributed by atoms with Crippen LogP contribution >= 0.6 is 0 Å². The van der Waals surface area contributed by atoms with Gasteiger partial charge in [0.15, 0.2) is 0 Å². The van der Waals surface area contributed by atoms with Crippen LogP contribution in [0.25, 0.3) is 0 Å². The number of hydrogen-bond donors (Lipinski definition) is 1. The maximum absolute atomic E-state index is 13.2. The first-order valence-electron chi connectivity index (χ1n) is 8.69. The number of aromatic nitrogens is 3. The van der Waals surface area contributed by atoms with E-state index in [2.05, 4.69) is 25.3 Å². The zero-order valence-electron chi connectivity index (χ0n) is 15.7. The molecule has 0 fully saturated rings. The maximum atomic E-state index is 13.2. The minimum Gasteiger partial charge on any atom is -0.361 e. The van der Waals surface area contributed by atoms with Gasteiger partial charge in [-0.2, -0.15) is 33.1 Å². The van der Waals surface area contributed by atoms with Gasteiger partial charge in [-0.1, -0.05) is 30.3 Å².